The monoisotopic (exact) mass is 472 g/mol. The van der Waals surface area contributed by atoms with Crippen molar-refractivity contribution in [2.75, 3.05) is 0 Å². The Morgan fingerprint density at radius 3 is 1.33 bits per heavy atom. The topological polar surface area (TPSA) is 77.4 Å². The van der Waals surface area contributed by atoms with Crippen molar-refractivity contribution in [3.8, 4) is 0 Å². The number of aliphatic hydroxyl groups is 1. The molecule has 0 aromatic heterocycles. The molecule has 0 radical (unpaired) electrons. The molecule has 0 aromatic rings. The molecule has 2 atom stereocenters. The van der Waals surface area contributed by atoms with Gasteiger partial charge in [0.05, 0.1) is 16.2 Å². The van der Waals surface area contributed by atoms with E-state index in [1.54, 1.807) is 0 Å². The molecule has 0 saturated heterocycles. The van der Waals surface area contributed by atoms with E-state index in [-0.39, 0.29) is 57.5 Å². The normalized spacial score (nSPS) is 13.7. The Morgan fingerprint density at radius 1 is 0.600 bits per heavy atom. The molecular formula is C24H49KO4S. The van der Waals surface area contributed by atoms with Gasteiger partial charge in [-0.15, -0.1) is 0 Å². The van der Waals surface area contributed by atoms with E-state index in [1.807, 2.05) is 0 Å². The number of unbranched alkanes of at least 4 members (excludes halogenated alkanes) is 13. The summed E-state index contributed by atoms with van der Waals surface area (Å²) in [7, 11) is -4.15. The van der Waals surface area contributed by atoms with Crippen LogP contribution >= 0.6 is 0 Å². The van der Waals surface area contributed by atoms with Crippen molar-refractivity contribution in [1.29, 1.82) is 0 Å². The fourth-order valence-corrected chi connectivity index (χ4v) is 4.89. The van der Waals surface area contributed by atoms with E-state index in [4.69, 9.17) is 0 Å². The molecule has 4 nitrogen and oxygen atoms in total. The minimum atomic E-state index is -4.15. The Balaban J connectivity index is 0. The Bertz CT molecular complexity index is 442. The van der Waals surface area contributed by atoms with Gasteiger partial charge in [-0.1, -0.05) is 117 Å². The maximum absolute atomic E-state index is 11.5. The van der Waals surface area contributed by atoms with Gasteiger partial charge in [0.15, 0.2) is 0 Å². The third-order valence-electron chi connectivity index (χ3n) is 5.99. The number of hydrogen-bond acceptors (Lipinski definition) is 4. The summed E-state index contributed by atoms with van der Waals surface area (Å²) in [5.74, 6) is 0. The molecule has 0 aliphatic rings. The van der Waals surface area contributed by atoms with Crippen LogP contribution in [0.4, 0.5) is 0 Å². The van der Waals surface area contributed by atoms with E-state index in [2.05, 4.69) is 13.8 Å². The second kappa shape index (κ2) is 23.7. The summed E-state index contributed by atoms with van der Waals surface area (Å²) in [6, 6.07) is 0. The fraction of sp³-hybridized carbons (Fsp3) is 1.00. The smallest absolute Gasteiger partial charge is 0.748 e. The quantitative estimate of drug-likeness (QED) is 0.146. The summed E-state index contributed by atoms with van der Waals surface area (Å²) in [4.78, 5) is 0. The van der Waals surface area contributed by atoms with Crippen LogP contribution in [0.5, 0.6) is 0 Å². The van der Waals surface area contributed by atoms with Gasteiger partial charge in [-0.25, -0.2) is 8.42 Å². The zero-order valence-corrected chi connectivity index (χ0v) is 24.3. The van der Waals surface area contributed by atoms with Crippen molar-refractivity contribution >= 4 is 10.1 Å². The minimum Gasteiger partial charge on any atom is -0.748 e. The van der Waals surface area contributed by atoms with Crippen molar-refractivity contribution in [3.05, 3.63) is 0 Å². The van der Waals surface area contributed by atoms with Crippen LogP contribution in [-0.2, 0) is 10.1 Å². The van der Waals surface area contributed by atoms with Crippen molar-refractivity contribution in [1.82, 2.24) is 0 Å². The van der Waals surface area contributed by atoms with E-state index in [0.29, 0.717) is 12.8 Å². The zero-order chi connectivity index (χ0) is 21.8. The number of hydrogen-bond donors (Lipinski definition) is 1. The van der Waals surface area contributed by atoms with Gasteiger partial charge in [0.2, 0.25) is 0 Å². The maximum Gasteiger partial charge on any atom is 1.00 e. The first kappa shape index (κ1) is 33.7. The maximum atomic E-state index is 11.5. The van der Waals surface area contributed by atoms with Crippen LogP contribution in [0.3, 0.4) is 0 Å². The minimum absolute atomic E-state index is 0. The summed E-state index contributed by atoms with van der Waals surface area (Å²) >= 11 is 0. The first-order chi connectivity index (χ1) is 13.9. The molecule has 30 heavy (non-hydrogen) atoms. The Labute approximate surface area is 230 Å². The first-order valence-electron chi connectivity index (χ1n) is 12.5. The van der Waals surface area contributed by atoms with Crippen LogP contribution < -0.4 is 51.4 Å². The van der Waals surface area contributed by atoms with Gasteiger partial charge in [-0.05, 0) is 25.7 Å². The molecule has 0 heterocycles. The number of rotatable bonds is 22. The molecule has 0 aliphatic carbocycles. The Kier molecular flexibility index (Phi) is 26.6. The summed E-state index contributed by atoms with van der Waals surface area (Å²) < 4.78 is 34.4. The molecule has 2 unspecified atom stereocenters. The molecule has 0 rings (SSSR count). The third-order valence-corrected chi connectivity index (χ3v) is 7.28. The largest absolute Gasteiger partial charge is 1.00 e. The van der Waals surface area contributed by atoms with Crippen LogP contribution in [0.1, 0.15) is 142 Å². The summed E-state index contributed by atoms with van der Waals surface area (Å²) in [5.41, 5.74) is 0. The molecular weight excluding hydrogens is 423 g/mol. The van der Waals surface area contributed by atoms with Crippen molar-refractivity contribution < 1.29 is 69.5 Å². The van der Waals surface area contributed by atoms with E-state index >= 15 is 0 Å². The molecule has 6 heteroatoms. The van der Waals surface area contributed by atoms with Crippen LogP contribution in [-0.4, -0.2) is 29.4 Å². The van der Waals surface area contributed by atoms with Crippen LogP contribution in [0, 0.1) is 0 Å². The van der Waals surface area contributed by atoms with Crippen LogP contribution in [0.2, 0.25) is 0 Å². The Hall–Kier alpha value is 1.51. The van der Waals surface area contributed by atoms with Gasteiger partial charge in [0, 0.05) is 5.25 Å². The first-order valence-corrected chi connectivity index (χ1v) is 14.0. The third kappa shape index (κ3) is 22.7. The average Bonchev–Trinajstić information content (AvgIpc) is 2.67. The molecule has 0 saturated carbocycles. The van der Waals surface area contributed by atoms with Gasteiger partial charge < -0.3 is 9.66 Å². The molecule has 0 spiro atoms. The van der Waals surface area contributed by atoms with Gasteiger partial charge >= 0.3 is 51.4 Å². The van der Waals surface area contributed by atoms with Gasteiger partial charge in [-0.2, -0.15) is 0 Å². The van der Waals surface area contributed by atoms with Crippen LogP contribution in [0.15, 0.2) is 0 Å². The summed E-state index contributed by atoms with van der Waals surface area (Å²) in [6.45, 7) is 4.32. The van der Waals surface area contributed by atoms with E-state index in [9.17, 15) is 18.1 Å². The summed E-state index contributed by atoms with van der Waals surface area (Å²) in [5, 5.41) is 9.15. The van der Waals surface area contributed by atoms with Crippen molar-refractivity contribution in [2.45, 2.75) is 154 Å². The number of aliphatic hydroxyl groups excluding tert-OH is 1. The van der Waals surface area contributed by atoms with Gasteiger partial charge in [-0.3, -0.25) is 0 Å². The standard InChI is InChI=1S/C24H50O4S.K/c1-3-5-7-13-17-21-24(29(26,27)28)22-18-15-12-10-8-9-11-14-16-20-23(25)19-6-4-2;/h23-25H,3-22H2,1-2H3,(H,26,27,28);/q;+1/p-1. The van der Waals surface area contributed by atoms with E-state index in [0.717, 1.165) is 70.6 Å². The zero-order valence-electron chi connectivity index (χ0n) is 20.4. The molecule has 176 valence electrons. The molecule has 1 N–H and O–H groups in total. The Morgan fingerprint density at radius 2 is 0.933 bits per heavy atom. The fourth-order valence-electron chi connectivity index (χ4n) is 3.98. The van der Waals surface area contributed by atoms with Crippen LogP contribution in [0.25, 0.3) is 0 Å². The van der Waals surface area contributed by atoms with Crippen molar-refractivity contribution in [2.24, 2.45) is 0 Å². The van der Waals surface area contributed by atoms with Crippen molar-refractivity contribution in [3.63, 3.8) is 0 Å². The van der Waals surface area contributed by atoms with Gasteiger partial charge in [0.1, 0.15) is 0 Å². The molecule has 0 bridgehead atoms. The second-order valence-corrected chi connectivity index (χ2v) is 10.5. The molecule has 0 aliphatic heterocycles. The summed E-state index contributed by atoms with van der Waals surface area (Å²) in [6.07, 6.45) is 20.9. The molecule has 0 amide bonds. The molecule has 0 fully saturated rings. The molecule has 0 aromatic carbocycles. The second-order valence-electron chi connectivity index (χ2n) is 8.87. The van der Waals surface area contributed by atoms with E-state index < -0.39 is 15.4 Å². The predicted molar refractivity (Wildman–Crippen MR) is 123 cm³/mol. The average molecular weight is 473 g/mol. The van der Waals surface area contributed by atoms with E-state index in [1.165, 1.54) is 44.9 Å². The predicted octanol–water partition coefficient (Wildman–Crippen LogP) is 4.11. The van der Waals surface area contributed by atoms with Gasteiger partial charge in [0.25, 0.3) is 0 Å². The SMILES string of the molecule is CCCCCCCC(CCCCCCCCCCCC(O)CCCC)S(=O)(=O)[O-].[K+].